The van der Waals surface area contributed by atoms with Crippen LogP contribution in [0.3, 0.4) is 0 Å². The minimum Gasteiger partial charge on any atom is -0.441 e. The lowest BCUT2D eigenvalue weighted by atomic mass is 10.1. The number of aromatic nitrogens is 5. The van der Waals surface area contributed by atoms with Crippen molar-refractivity contribution in [2.75, 3.05) is 0 Å². The molecule has 6 nitrogen and oxygen atoms in total. The molecule has 124 valence electrons. The normalized spacial score (nSPS) is 11.3. The Balaban J connectivity index is 1.63. The Morgan fingerprint density at radius 3 is 2.62 bits per heavy atom. The van der Waals surface area contributed by atoms with E-state index in [1.54, 1.807) is 18.6 Å². The van der Waals surface area contributed by atoms with Gasteiger partial charge in [0.1, 0.15) is 11.0 Å². The lowest BCUT2D eigenvalue weighted by molar-refractivity contribution is 0.561. The molecule has 0 amide bonds. The van der Waals surface area contributed by atoms with Crippen molar-refractivity contribution in [3.63, 3.8) is 0 Å². The van der Waals surface area contributed by atoms with E-state index in [0.29, 0.717) is 11.5 Å². The highest BCUT2D eigenvalue weighted by atomic mass is 16.3. The third kappa shape index (κ3) is 2.48. The maximum atomic E-state index is 5.53. The second kappa shape index (κ2) is 5.70. The highest BCUT2D eigenvalue weighted by Crippen LogP contribution is 2.25. The minimum atomic E-state index is 0.597. The van der Waals surface area contributed by atoms with Gasteiger partial charge in [0.2, 0.25) is 0 Å². The van der Waals surface area contributed by atoms with E-state index in [-0.39, 0.29) is 0 Å². The van der Waals surface area contributed by atoms with Crippen molar-refractivity contribution in [2.45, 2.75) is 6.92 Å². The molecule has 4 heterocycles. The van der Waals surface area contributed by atoms with Crippen LogP contribution < -0.4 is 0 Å². The number of oxazole rings is 1. The van der Waals surface area contributed by atoms with E-state index < -0.39 is 0 Å². The van der Waals surface area contributed by atoms with Crippen LogP contribution in [0.2, 0.25) is 0 Å². The van der Waals surface area contributed by atoms with Crippen molar-refractivity contribution in [1.82, 2.24) is 24.9 Å². The Hall–Kier alpha value is -3.67. The lowest BCUT2D eigenvalue weighted by Crippen LogP contribution is -1.93. The van der Waals surface area contributed by atoms with Crippen LogP contribution in [0.5, 0.6) is 0 Å². The van der Waals surface area contributed by atoms with E-state index in [0.717, 1.165) is 39.1 Å². The van der Waals surface area contributed by atoms with Crippen LogP contribution in [0.25, 0.3) is 44.8 Å². The monoisotopic (exact) mass is 339 g/mol. The fourth-order valence-electron chi connectivity index (χ4n) is 2.91. The molecule has 0 bridgehead atoms. The molecule has 1 aromatic carbocycles. The van der Waals surface area contributed by atoms with E-state index >= 15 is 0 Å². The number of hydrogen-bond donors (Lipinski definition) is 0. The van der Waals surface area contributed by atoms with Gasteiger partial charge in [-0.1, -0.05) is 0 Å². The van der Waals surface area contributed by atoms with E-state index in [1.165, 1.54) is 0 Å². The third-order valence-electron chi connectivity index (χ3n) is 4.15. The lowest BCUT2D eigenvalue weighted by Gasteiger charge is -2.04. The zero-order valence-electron chi connectivity index (χ0n) is 13.9. The summed E-state index contributed by atoms with van der Waals surface area (Å²) in [6.45, 7) is 1.84. The molecule has 0 fully saturated rings. The van der Waals surface area contributed by atoms with Crippen molar-refractivity contribution in [1.29, 1.82) is 0 Å². The van der Waals surface area contributed by atoms with Crippen LogP contribution in [0.15, 0.2) is 65.5 Å². The fraction of sp³-hybridized carbons (Fsp3) is 0.0500. The van der Waals surface area contributed by atoms with Gasteiger partial charge in [-0.15, -0.1) is 0 Å². The first-order chi connectivity index (χ1) is 12.8. The van der Waals surface area contributed by atoms with Crippen LogP contribution >= 0.6 is 0 Å². The summed E-state index contributed by atoms with van der Waals surface area (Å²) in [6, 6.07) is 13.5. The average Bonchev–Trinajstić information content (AvgIpc) is 3.07. The number of hydrogen-bond acceptors (Lipinski definition) is 6. The van der Waals surface area contributed by atoms with Gasteiger partial charge in [0.15, 0.2) is 17.1 Å². The second-order valence-electron chi connectivity index (χ2n) is 5.95. The first-order valence-corrected chi connectivity index (χ1v) is 8.18. The van der Waals surface area contributed by atoms with Crippen LogP contribution in [0, 0.1) is 6.92 Å². The van der Waals surface area contributed by atoms with Gasteiger partial charge < -0.3 is 4.42 Å². The van der Waals surface area contributed by atoms with E-state index in [9.17, 15) is 0 Å². The van der Waals surface area contributed by atoms with Gasteiger partial charge in [-0.25, -0.2) is 15.0 Å². The fourth-order valence-corrected chi connectivity index (χ4v) is 2.91. The Kier molecular flexibility index (Phi) is 3.21. The quantitative estimate of drug-likeness (QED) is 0.479. The number of pyridine rings is 2. The topological polar surface area (TPSA) is 77.6 Å². The Morgan fingerprint density at radius 1 is 0.808 bits per heavy atom. The predicted octanol–water partition coefficient (Wildman–Crippen LogP) is 4.20. The molecule has 0 N–H and O–H groups in total. The van der Waals surface area contributed by atoms with Gasteiger partial charge in [-0.2, -0.15) is 0 Å². The van der Waals surface area contributed by atoms with Crippen LogP contribution in [0.4, 0.5) is 0 Å². The van der Waals surface area contributed by atoms with Gasteiger partial charge in [0.25, 0.3) is 0 Å². The second-order valence-corrected chi connectivity index (χ2v) is 5.95. The number of aryl methyl sites for hydroxylation is 1. The van der Waals surface area contributed by atoms with Crippen molar-refractivity contribution < 1.29 is 4.42 Å². The molecule has 0 aliphatic rings. The molecule has 0 radical (unpaired) electrons. The van der Waals surface area contributed by atoms with Crippen molar-refractivity contribution >= 4 is 22.3 Å². The highest BCUT2D eigenvalue weighted by Gasteiger charge is 2.09. The number of nitrogens with zero attached hydrogens (tertiary/aromatic N) is 5. The van der Waals surface area contributed by atoms with Gasteiger partial charge in [0.05, 0.1) is 17.6 Å². The zero-order valence-corrected chi connectivity index (χ0v) is 13.9. The van der Waals surface area contributed by atoms with E-state index in [2.05, 4.69) is 19.9 Å². The first kappa shape index (κ1) is 14.7. The average molecular weight is 339 g/mol. The maximum absolute atomic E-state index is 5.53. The van der Waals surface area contributed by atoms with Crippen LogP contribution in [-0.4, -0.2) is 24.9 Å². The molecule has 0 saturated carbocycles. The molecule has 4 aromatic heterocycles. The summed E-state index contributed by atoms with van der Waals surface area (Å²) in [5.41, 5.74) is 6.37. The number of fused-ring (bicyclic) bond motifs is 2. The molecule has 0 atom stereocenters. The molecule has 0 unspecified atom stereocenters. The summed E-state index contributed by atoms with van der Waals surface area (Å²) in [5.74, 6) is 0.649. The summed E-state index contributed by atoms with van der Waals surface area (Å²) < 4.78 is 5.53. The van der Waals surface area contributed by atoms with Crippen LogP contribution in [0.1, 0.15) is 5.89 Å². The summed E-state index contributed by atoms with van der Waals surface area (Å²) in [5, 5.41) is 0. The van der Waals surface area contributed by atoms with Gasteiger partial charge in [0, 0.05) is 30.4 Å². The van der Waals surface area contributed by atoms with Crippen molar-refractivity contribution in [3.8, 4) is 22.5 Å². The smallest absolute Gasteiger partial charge is 0.192 e. The van der Waals surface area contributed by atoms with Gasteiger partial charge in [-0.05, 0) is 42.5 Å². The zero-order chi connectivity index (χ0) is 17.5. The Labute approximate surface area is 148 Å². The standard InChI is InChI=1S/C20H13N5O/c1-12-23-17-9-13(4-7-19(17)26-12)15-5-6-16-20(24-15)25-18(11-22-16)14-3-2-8-21-10-14/h2-11H,1H3. The number of benzene rings is 1. The molecule has 6 heteroatoms. The maximum Gasteiger partial charge on any atom is 0.192 e. The molecule has 5 aromatic rings. The SMILES string of the molecule is Cc1nc2cc(-c3ccc4ncc(-c5cccnc5)nc4n3)ccc2o1. The van der Waals surface area contributed by atoms with Crippen molar-refractivity contribution in [3.05, 3.63) is 66.9 Å². The summed E-state index contributed by atoms with van der Waals surface area (Å²) in [4.78, 5) is 22.3. The molecule has 0 aliphatic carbocycles. The molecule has 0 aliphatic heterocycles. The van der Waals surface area contributed by atoms with Gasteiger partial charge >= 0.3 is 0 Å². The van der Waals surface area contributed by atoms with E-state index in [1.807, 2.05) is 49.4 Å². The number of rotatable bonds is 2. The molecule has 26 heavy (non-hydrogen) atoms. The van der Waals surface area contributed by atoms with E-state index in [4.69, 9.17) is 9.40 Å². The van der Waals surface area contributed by atoms with Crippen molar-refractivity contribution in [2.24, 2.45) is 0 Å². The van der Waals surface area contributed by atoms with Crippen LogP contribution in [-0.2, 0) is 0 Å². The highest BCUT2D eigenvalue weighted by molar-refractivity contribution is 5.82. The predicted molar refractivity (Wildman–Crippen MR) is 98.3 cm³/mol. The first-order valence-electron chi connectivity index (χ1n) is 8.18. The van der Waals surface area contributed by atoms with Gasteiger partial charge in [-0.3, -0.25) is 9.97 Å². The Bertz CT molecular complexity index is 1250. The molecule has 5 rings (SSSR count). The summed E-state index contributed by atoms with van der Waals surface area (Å²) in [7, 11) is 0. The molecular formula is C20H13N5O. The summed E-state index contributed by atoms with van der Waals surface area (Å²) >= 11 is 0. The third-order valence-corrected chi connectivity index (χ3v) is 4.15. The molecular weight excluding hydrogens is 326 g/mol. The molecule has 0 saturated heterocycles. The summed E-state index contributed by atoms with van der Waals surface area (Å²) in [6.07, 6.45) is 5.24. The molecule has 0 spiro atoms. The minimum absolute atomic E-state index is 0.597. The Morgan fingerprint density at radius 2 is 1.73 bits per heavy atom. The largest absolute Gasteiger partial charge is 0.441 e.